The number of para-hydroxylation sites is 1. The average molecular weight is 401 g/mol. The summed E-state index contributed by atoms with van der Waals surface area (Å²) >= 11 is 0. The van der Waals surface area contributed by atoms with Gasteiger partial charge >= 0.3 is 0 Å². The lowest BCUT2D eigenvalue weighted by Crippen LogP contribution is -2.53. The minimum atomic E-state index is 0.150. The number of hydrogen-bond donors (Lipinski definition) is 1. The smallest absolute Gasteiger partial charge is 0.177 e. The monoisotopic (exact) mass is 400 g/mol. The van der Waals surface area contributed by atoms with Crippen LogP contribution in [0.5, 0.6) is 5.75 Å². The van der Waals surface area contributed by atoms with Crippen molar-refractivity contribution in [2.75, 3.05) is 33.3 Å². The maximum Gasteiger partial charge on any atom is 0.177 e. The van der Waals surface area contributed by atoms with Crippen LogP contribution in [0.15, 0.2) is 78.9 Å². The maximum atomic E-state index is 13.4. The molecule has 1 aliphatic heterocycles. The third kappa shape index (κ3) is 4.61. The fourth-order valence-electron chi connectivity index (χ4n) is 4.20. The molecule has 0 amide bonds. The zero-order chi connectivity index (χ0) is 20.8. The van der Waals surface area contributed by atoms with Crippen molar-refractivity contribution in [1.29, 1.82) is 0 Å². The van der Waals surface area contributed by atoms with Crippen LogP contribution in [-0.4, -0.2) is 50.0 Å². The lowest BCUT2D eigenvalue weighted by molar-refractivity contribution is 0.0861. The van der Waals surface area contributed by atoms with E-state index in [1.807, 2.05) is 54.6 Å². The number of nitrogens with zero attached hydrogens (tertiary/aromatic N) is 1. The Bertz CT molecular complexity index is 987. The number of rotatable bonds is 7. The number of ketones is 1. The molecule has 0 bridgehead atoms. The van der Waals surface area contributed by atoms with Crippen molar-refractivity contribution in [1.82, 2.24) is 10.2 Å². The average Bonchev–Trinajstić information content (AvgIpc) is 2.81. The first-order chi connectivity index (χ1) is 14.8. The Balaban J connectivity index is 1.56. The molecule has 0 aliphatic carbocycles. The molecule has 1 fully saturated rings. The van der Waals surface area contributed by atoms with Crippen LogP contribution in [0.25, 0.3) is 11.1 Å². The number of benzene rings is 3. The van der Waals surface area contributed by atoms with Crippen LogP contribution < -0.4 is 10.1 Å². The van der Waals surface area contributed by atoms with Gasteiger partial charge in [-0.3, -0.25) is 9.69 Å². The molecule has 1 saturated heterocycles. The van der Waals surface area contributed by atoms with E-state index in [9.17, 15) is 4.79 Å². The van der Waals surface area contributed by atoms with E-state index in [1.165, 1.54) is 5.56 Å². The molecule has 4 nitrogen and oxygen atoms in total. The van der Waals surface area contributed by atoms with E-state index in [0.29, 0.717) is 12.6 Å². The highest BCUT2D eigenvalue weighted by Gasteiger charge is 2.26. The van der Waals surface area contributed by atoms with Crippen molar-refractivity contribution in [2.45, 2.75) is 12.5 Å². The van der Waals surface area contributed by atoms with Crippen LogP contribution >= 0.6 is 0 Å². The van der Waals surface area contributed by atoms with Crippen molar-refractivity contribution >= 4 is 5.78 Å². The molecule has 1 aliphatic rings. The molecule has 0 aromatic heterocycles. The molecule has 4 rings (SSSR count). The van der Waals surface area contributed by atoms with E-state index in [2.05, 4.69) is 34.5 Å². The van der Waals surface area contributed by atoms with Crippen molar-refractivity contribution in [3.63, 3.8) is 0 Å². The Morgan fingerprint density at radius 2 is 1.67 bits per heavy atom. The van der Waals surface area contributed by atoms with Crippen LogP contribution in [0.2, 0.25) is 0 Å². The number of carbonyl (C=O) groups excluding carboxylic acids is 1. The SMILES string of the molecule is COc1ccccc1-c1ccccc1C(=O)CN1CCNC[C@H]1Cc1ccccc1. The Kier molecular flexibility index (Phi) is 6.57. The number of carbonyl (C=O) groups is 1. The predicted molar refractivity (Wildman–Crippen MR) is 121 cm³/mol. The second kappa shape index (κ2) is 9.70. The zero-order valence-corrected chi connectivity index (χ0v) is 17.4. The second-order valence-corrected chi connectivity index (χ2v) is 7.69. The predicted octanol–water partition coefficient (Wildman–Crippen LogP) is 4.06. The number of ether oxygens (including phenoxy) is 1. The van der Waals surface area contributed by atoms with Gasteiger partial charge in [0.15, 0.2) is 5.78 Å². The van der Waals surface area contributed by atoms with Crippen LogP contribution in [-0.2, 0) is 6.42 Å². The summed E-state index contributed by atoms with van der Waals surface area (Å²) in [7, 11) is 1.66. The standard InChI is InChI=1S/C26H28N2O2/c1-30-26-14-8-7-13-24(26)22-11-5-6-12-23(22)25(29)19-28-16-15-27-18-21(28)17-20-9-3-2-4-10-20/h2-14,21,27H,15-19H2,1H3/t21-/m1/s1. The van der Waals surface area contributed by atoms with Gasteiger partial charge in [-0.15, -0.1) is 0 Å². The molecule has 1 atom stereocenters. The van der Waals surface area contributed by atoms with Gasteiger partial charge in [-0.25, -0.2) is 0 Å². The lowest BCUT2D eigenvalue weighted by atomic mass is 9.95. The zero-order valence-electron chi connectivity index (χ0n) is 17.4. The summed E-state index contributed by atoms with van der Waals surface area (Å²) in [5, 5.41) is 3.48. The fourth-order valence-corrected chi connectivity index (χ4v) is 4.20. The molecule has 3 aromatic carbocycles. The van der Waals surface area contributed by atoms with Gasteiger partial charge < -0.3 is 10.1 Å². The van der Waals surface area contributed by atoms with Crippen molar-refractivity contribution in [3.8, 4) is 16.9 Å². The molecule has 154 valence electrons. The Labute approximate surface area is 178 Å². The first kappa shape index (κ1) is 20.3. The molecule has 0 saturated carbocycles. The normalized spacial score (nSPS) is 16.9. The molecule has 1 N–H and O–H groups in total. The molecule has 0 unspecified atom stereocenters. The molecule has 0 spiro atoms. The number of piperazine rings is 1. The van der Waals surface area contributed by atoms with Gasteiger partial charge in [0, 0.05) is 36.8 Å². The molecular formula is C26H28N2O2. The summed E-state index contributed by atoms with van der Waals surface area (Å²) in [5.74, 6) is 0.929. The molecule has 0 radical (unpaired) electrons. The largest absolute Gasteiger partial charge is 0.496 e. The summed E-state index contributed by atoms with van der Waals surface area (Å²) in [5.41, 5.74) is 3.93. The van der Waals surface area contributed by atoms with Crippen molar-refractivity contribution in [3.05, 3.63) is 90.0 Å². The van der Waals surface area contributed by atoms with Crippen molar-refractivity contribution < 1.29 is 9.53 Å². The van der Waals surface area contributed by atoms with Crippen LogP contribution in [0, 0.1) is 0 Å². The van der Waals surface area contributed by atoms with Crippen LogP contribution in [0.4, 0.5) is 0 Å². The van der Waals surface area contributed by atoms with Gasteiger partial charge in [-0.1, -0.05) is 72.8 Å². The van der Waals surface area contributed by atoms with E-state index in [0.717, 1.165) is 48.5 Å². The highest BCUT2D eigenvalue weighted by atomic mass is 16.5. The summed E-state index contributed by atoms with van der Waals surface area (Å²) in [6.45, 7) is 3.11. The summed E-state index contributed by atoms with van der Waals surface area (Å²) < 4.78 is 5.54. The molecule has 4 heteroatoms. The number of methoxy groups -OCH3 is 1. The van der Waals surface area contributed by atoms with Gasteiger partial charge in [-0.05, 0) is 23.6 Å². The number of hydrogen-bond acceptors (Lipinski definition) is 4. The minimum absolute atomic E-state index is 0.150. The van der Waals surface area contributed by atoms with Gasteiger partial charge in [0.2, 0.25) is 0 Å². The first-order valence-corrected chi connectivity index (χ1v) is 10.5. The van der Waals surface area contributed by atoms with E-state index < -0.39 is 0 Å². The fraction of sp³-hybridized carbons (Fsp3) is 0.269. The van der Waals surface area contributed by atoms with Gasteiger partial charge in [-0.2, -0.15) is 0 Å². The third-order valence-corrected chi connectivity index (χ3v) is 5.76. The molecule has 1 heterocycles. The Hall–Kier alpha value is -2.95. The third-order valence-electron chi connectivity index (χ3n) is 5.76. The summed E-state index contributed by atoms with van der Waals surface area (Å²) in [4.78, 5) is 15.7. The number of Topliss-reactive ketones (excluding diaryl/α,β-unsaturated/α-hetero) is 1. The summed E-state index contributed by atoms with van der Waals surface area (Å²) in [6.07, 6.45) is 0.940. The quantitative estimate of drug-likeness (QED) is 0.607. The van der Waals surface area contributed by atoms with Gasteiger partial charge in [0.25, 0.3) is 0 Å². The number of nitrogens with one attached hydrogen (secondary N) is 1. The highest BCUT2D eigenvalue weighted by Crippen LogP contribution is 2.32. The topological polar surface area (TPSA) is 41.6 Å². The lowest BCUT2D eigenvalue weighted by Gasteiger charge is -2.36. The van der Waals surface area contributed by atoms with Gasteiger partial charge in [0.05, 0.1) is 13.7 Å². The van der Waals surface area contributed by atoms with E-state index in [1.54, 1.807) is 7.11 Å². The molecular weight excluding hydrogens is 372 g/mol. The minimum Gasteiger partial charge on any atom is -0.496 e. The van der Waals surface area contributed by atoms with Crippen molar-refractivity contribution in [2.24, 2.45) is 0 Å². The van der Waals surface area contributed by atoms with Crippen LogP contribution in [0.1, 0.15) is 15.9 Å². The van der Waals surface area contributed by atoms with E-state index in [4.69, 9.17) is 4.74 Å². The summed E-state index contributed by atoms with van der Waals surface area (Å²) in [6, 6.07) is 26.5. The molecule has 3 aromatic rings. The highest BCUT2D eigenvalue weighted by molar-refractivity contribution is 6.04. The Morgan fingerprint density at radius 3 is 2.47 bits per heavy atom. The van der Waals surface area contributed by atoms with Crippen LogP contribution in [0.3, 0.4) is 0 Å². The van der Waals surface area contributed by atoms with E-state index in [-0.39, 0.29) is 5.78 Å². The first-order valence-electron chi connectivity index (χ1n) is 10.5. The van der Waals surface area contributed by atoms with Gasteiger partial charge in [0.1, 0.15) is 5.75 Å². The maximum absolute atomic E-state index is 13.4. The second-order valence-electron chi connectivity index (χ2n) is 7.69. The molecule has 30 heavy (non-hydrogen) atoms. The Morgan fingerprint density at radius 1 is 0.967 bits per heavy atom. The van der Waals surface area contributed by atoms with E-state index >= 15 is 0 Å².